The number of nitrogens with two attached hydrogens (primary N) is 1. The van der Waals surface area contributed by atoms with Gasteiger partial charge in [-0.25, -0.2) is 9.07 Å². The summed E-state index contributed by atoms with van der Waals surface area (Å²) in [6.07, 6.45) is 1.44. The van der Waals surface area contributed by atoms with Gasteiger partial charge in [-0.05, 0) is 67.1 Å². The monoisotopic (exact) mass is 427 g/mol. The van der Waals surface area contributed by atoms with Gasteiger partial charge in [0.05, 0.1) is 24.5 Å². The van der Waals surface area contributed by atoms with E-state index in [0.717, 1.165) is 27.9 Å². The van der Waals surface area contributed by atoms with Crippen LogP contribution in [0.2, 0.25) is 0 Å². The third-order valence-corrected chi connectivity index (χ3v) is 4.77. The molecule has 0 bridgehead atoms. The van der Waals surface area contributed by atoms with Crippen molar-refractivity contribution in [1.82, 2.24) is 9.78 Å². The van der Waals surface area contributed by atoms with E-state index >= 15 is 0 Å². The van der Waals surface area contributed by atoms with Gasteiger partial charge in [-0.1, -0.05) is 12.1 Å². The Morgan fingerprint density at radius 3 is 2.47 bits per heavy atom. The molecule has 2 N–H and O–H groups in total. The summed E-state index contributed by atoms with van der Waals surface area (Å²) in [7, 11) is 1.63. The van der Waals surface area contributed by atoms with Crippen LogP contribution in [0.15, 0.2) is 72.9 Å². The topological polar surface area (TPSA) is 62.3 Å². The van der Waals surface area contributed by atoms with Crippen molar-refractivity contribution in [3.63, 3.8) is 0 Å². The Kier molecular flexibility index (Phi) is 6.59. The van der Waals surface area contributed by atoms with E-state index in [1.165, 1.54) is 12.1 Å². The number of ether oxygens (including phenoxy) is 2. The zero-order valence-corrected chi connectivity index (χ0v) is 17.5. The average Bonchev–Trinajstić information content (AvgIpc) is 3.15. The summed E-state index contributed by atoms with van der Waals surface area (Å²) in [4.78, 5) is 0. The van der Waals surface area contributed by atoms with Crippen LogP contribution >= 0.6 is 12.4 Å². The third-order valence-electron chi connectivity index (χ3n) is 4.77. The van der Waals surface area contributed by atoms with Gasteiger partial charge in [-0.15, -0.1) is 12.4 Å². The highest BCUT2D eigenvalue weighted by atomic mass is 35.5. The first-order chi connectivity index (χ1) is 14.0. The number of hydrogen-bond acceptors (Lipinski definition) is 4. The van der Waals surface area contributed by atoms with E-state index in [-0.39, 0.29) is 30.4 Å². The van der Waals surface area contributed by atoms with Crippen molar-refractivity contribution in [3.05, 3.63) is 84.3 Å². The van der Waals surface area contributed by atoms with E-state index in [9.17, 15) is 4.39 Å². The van der Waals surface area contributed by atoms with Crippen LogP contribution in [0, 0.1) is 5.82 Å². The molecule has 0 saturated carbocycles. The first-order valence-corrected chi connectivity index (χ1v) is 9.35. The molecule has 0 spiro atoms. The van der Waals surface area contributed by atoms with Crippen molar-refractivity contribution in [2.75, 3.05) is 7.11 Å². The molecule has 0 unspecified atom stereocenters. The summed E-state index contributed by atoms with van der Waals surface area (Å²) in [5.74, 6) is 1.18. The fourth-order valence-corrected chi connectivity index (χ4v) is 3.32. The van der Waals surface area contributed by atoms with Gasteiger partial charge in [0.25, 0.3) is 0 Å². The molecule has 2 atom stereocenters. The lowest BCUT2D eigenvalue weighted by Gasteiger charge is -2.23. The number of halogens is 2. The van der Waals surface area contributed by atoms with Gasteiger partial charge < -0.3 is 15.2 Å². The van der Waals surface area contributed by atoms with Gasteiger partial charge in [0.2, 0.25) is 0 Å². The Bertz CT molecular complexity index is 1130. The molecule has 1 heterocycles. The molecule has 1 aromatic heterocycles. The van der Waals surface area contributed by atoms with E-state index in [0.29, 0.717) is 5.75 Å². The molecule has 3 aromatic carbocycles. The van der Waals surface area contributed by atoms with Crippen molar-refractivity contribution in [2.45, 2.75) is 19.1 Å². The van der Waals surface area contributed by atoms with Crippen molar-refractivity contribution in [2.24, 2.45) is 5.73 Å². The van der Waals surface area contributed by atoms with Crippen LogP contribution in [0.25, 0.3) is 16.6 Å². The molecule has 0 amide bonds. The number of benzene rings is 3. The first-order valence-electron chi connectivity index (χ1n) is 9.35. The molecule has 5 nitrogen and oxygen atoms in total. The summed E-state index contributed by atoms with van der Waals surface area (Å²) in [5.41, 5.74) is 8.84. The molecule has 0 aliphatic carbocycles. The van der Waals surface area contributed by atoms with Crippen molar-refractivity contribution < 1.29 is 13.9 Å². The molecular weight excluding hydrogens is 405 g/mol. The fraction of sp³-hybridized carbons (Fsp3) is 0.174. The molecule has 0 aliphatic heterocycles. The highest BCUT2D eigenvalue weighted by molar-refractivity contribution is 5.85. The minimum Gasteiger partial charge on any atom is -0.497 e. The Balaban J connectivity index is 0.00000256. The van der Waals surface area contributed by atoms with Gasteiger partial charge in [-0.2, -0.15) is 5.10 Å². The van der Waals surface area contributed by atoms with E-state index < -0.39 is 0 Å². The van der Waals surface area contributed by atoms with Gasteiger partial charge in [0, 0.05) is 11.4 Å². The molecule has 7 heteroatoms. The second-order valence-corrected chi connectivity index (χ2v) is 6.93. The Morgan fingerprint density at radius 1 is 1.00 bits per heavy atom. The molecular formula is C23H23ClFN3O2. The summed E-state index contributed by atoms with van der Waals surface area (Å²) >= 11 is 0. The zero-order valence-electron chi connectivity index (χ0n) is 16.7. The van der Waals surface area contributed by atoms with Gasteiger partial charge in [0.1, 0.15) is 23.4 Å². The third kappa shape index (κ3) is 4.40. The quantitative estimate of drug-likeness (QED) is 0.467. The fourth-order valence-electron chi connectivity index (χ4n) is 3.32. The summed E-state index contributed by atoms with van der Waals surface area (Å²) in [6, 6.07) is 19.5. The van der Waals surface area contributed by atoms with Gasteiger partial charge >= 0.3 is 0 Å². The van der Waals surface area contributed by atoms with E-state index in [1.54, 1.807) is 30.1 Å². The molecule has 0 fully saturated rings. The molecule has 4 aromatic rings. The Morgan fingerprint density at radius 2 is 1.77 bits per heavy atom. The van der Waals surface area contributed by atoms with Crippen molar-refractivity contribution in [1.29, 1.82) is 0 Å². The zero-order chi connectivity index (χ0) is 20.4. The lowest BCUT2D eigenvalue weighted by Crippen LogP contribution is -2.29. The molecule has 0 aliphatic rings. The summed E-state index contributed by atoms with van der Waals surface area (Å²) < 4.78 is 26.5. The van der Waals surface area contributed by atoms with Crippen LogP contribution in [0.4, 0.5) is 4.39 Å². The minimum atomic E-state index is -0.324. The summed E-state index contributed by atoms with van der Waals surface area (Å²) in [6.45, 7) is 1.91. The molecule has 156 valence electrons. The van der Waals surface area contributed by atoms with Crippen LogP contribution in [-0.4, -0.2) is 22.9 Å². The van der Waals surface area contributed by atoms with E-state index in [1.807, 2.05) is 49.4 Å². The van der Waals surface area contributed by atoms with Crippen LogP contribution in [0.1, 0.15) is 18.6 Å². The predicted molar refractivity (Wildman–Crippen MR) is 118 cm³/mol. The number of nitrogens with zero attached hydrogens (tertiary/aromatic N) is 2. The Hall–Kier alpha value is -3.09. The normalized spacial score (nSPS) is 12.8. The maximum Gasteiger partial charge on any atom is 0.139 e. The lowest BCUT2D eigenvalue weighted by atomic mass is 10.0. The van der Waals surface area contributed by atoms with Crippen molar-refractivity contribution in [3.8, 4) is 17.2 Å². The molecule has 0 radical (unpaired) electrons. The van der Waals surface area contributed by atoms with Crippen LogP contribution in [0.3, 0.4) is 0 Å². The molecule has 30 heavy (non-hydrogen) atoms. The summed E-state index contributed by atoms with van der Waals surface area (Å²) in [5, 5.41) is 5.35. The average molecular weight is 428 g/mol. The SMILES string of the molecule is COc1cccc([C@@H](Oc2ccc3c(cnn3-c3ccc(F)cc3)c2)[C@H](C)N)c1.Cl. The Labute approximate surface area is 180 Å². The number of aromatic nitrogens is 2. The van der Waals surface area contributed by atoms with Gasteiger partial charge in [-0.3, -0.25) is 0 Å². The van der Waals surface area contributed by atoms with E-state index in [4.69, 9.17) is 15.2 Å². The minimum absolute atomic E-state index is 0. The second kappa shape index (κ2) is 9.15. The highest BCUT2D eigenvalue weighted by Gasteiger charge is 2.19. The maximum atomic E-state index is 13.2. The van der Waals surface area contributed by atoms with Crippen molar-refractivity contribution >= 4 is 23.3 Å². The van der Waals surface area contributed by atoms with E-state index in [2.05, 4.69) is 5.10 Å². The number of hydrogen-bond donors (Lipinski definition) is 1. The molecule has 0 saturated heterocycles. The number of fused-ring (bicyclic) bond motifs is 1. The number of methoxy groups -OCH3 is 1. The molecule has 4 rings (SSSR count). The van der Waals surface area contributed by atoms with Crippen LogP contribution < -0.4 is 15.2 Å². The predicted octanol–water partition coefficient (Wildman–Crippen LogP) is 5.06. The van der Waals surface area contributed by atoms with Crippen LogP contribution in [-0.2, 0) is 0 Å². The highest BCUT2D eigenvalue weighted by Crippen LogP contribution is 2.29. The first kappa shape index (κ1) is 21.6. The second-order valence-electron chi connectivity index (χ2n) is 6.93. The van der Waals surface area contributed by atoms with Crippen LogP contribution in [0.5, 0.6) is 11.5 Å². The van der Waals surface area contributed by atoms with Gasteiger partial charge in [0.15, 0.2) is 0 Å². The lowest BCUT2D eigenvalue weighted by molar-refractivity contribution is 0.180. The maximum absolute atomic E-state index is 13.2. The smallest absolute Gasteiger partial charge is 0.139 e. The largest absolute Gasteiger partial charge is 0.497 e. The number of rotatable bonds is 6. The standard InChI is InChI=1S/C23H22FN3O2.ClH/c1-15(25)23(16-4-3-5-20(12-16)28-2)29-21-10-11-22-17(13-21)14-26-27(22)19-8-6-18(24)7-9-19;/h3-15,23H,25H2,1-2H3;1H/t15-,23-;/m0./s1.